The van der Waals surface area contributed by atoms with E-state index < -0.39 is 37.7 Å². The molecule has 0 saturated carbocycles. The van der Waals surface area contributed by atoms with Gasteiger partial charge in [0, 0.05) is 38.3 Å². The zero-order valence-electron chi connectivity index (χ0n) is 15.5. The van der Waals surface area contributed by atoms with E-state index in [9.17, 15) is 9.59 Å². The van der Waals surface area contributed by atoms with Gasteiger partial charge in [-0.25, -0.2) is 4.79 Å². The zero-order valence-corrected chi connectivity index (χ0v) is 21.4. The van der Waals surface area contributed by atoms with Gasteiger partial charge in [0.15, 0.2) is 17.4 Å². The SMILES string of the molecule is C[Si](C)O[Si](C)(C)O[Si](C)(C)C.O=C(O)C(=O)c1ccccc1.[Y]. The largest absolute Gasteiger partial charge is 0.475 e. The van der Waals surface area contributed by atoms with E-state index in [0.29, 0.717) is 0 Å². The molecule has 1 aromatic carbocycles. The molecule has 0 bridgehead atoms. The first-order valence-corrected chi connectivity index (χ1v) is 16.0. The number of rotatable bonds is 6. The van der Waals surface area contributed by atoms with Gasteiger partial charge in [0.25, 0.3) is 5.78 Å². The Morgan fingerprint density at radius 3 is 1.79 bits per heavy atom. The number of benzene rings is 1. The molecule has 0 atom stereocenters. The molecule has 0 spiro atoms. The van der Waals surface area contributed by atoms with E-state index in [1.807, 2.05) is 0 Å². The summed E-state index contributed by atoms with van der Waals surface area (Å²) in [5, 5.41) is 8.29. The Hall–Kier alpha value is 0.0345. The molecule has 1 N–H and O–H groups in total. The Morgan fingerprint density at radius 1 is 1.00 bits per heavy atom. The van der Waals surface area contributed by atoms with Crippen molar-refractivity contribution in [1.29, 1.82) is 0 Å². The van der Waals surface area contributed by atoms with Crippen LogP contribution in [0.3, 0.4) is 0 Å². The molecule has 0 aliphatic rings. The third-order valence-electron chi connectivity index (χ3n) is 2.23. The van der Waals surface area contributed by atoms with Crippen molar-refractivity contribution in [3.05, 3.63) is 35.9 Å². The number of carbonyl (C=O) groups excluding carboxylic acids is 1. The van der Waals surface area contributed by atoms with E-state index in [-0.39, 0.29) is 38.3 Å². The molecule has 0 aliphatic carbocycles. The van der Waals surface area contributed by atoms with Crippen molar-refractivity contribution in [3.63, 3.8) is 0 Å². The number of carboxylic acids is 1. The average Bonchev–Trinajstić information content (AvgIpc) is 2.34. The molecule has 0 heterocycles. The van der Waals surface area contributed by atoms with E-state index in [2.05, 4.69) is 45.8 Å². The molecule has 2 radical (unpaired) electrons. The smallest absolute Gasteiger partial charge is 0.377 e. The maximum absolute atomic E-state index is 10.7. The van der Waals surface area contributed by atoms with Gasteiger partial charge in [-0.2, -0.15) is 0 Å². The van der Waals surface area contributed by atoms with Crippen LogP contribution < -0.4 is 0 Å². The molecule has 0 amide bonds. The Bertz CT molecular complexity index is 516. The Morgan fingerprint density at radius 2 is 1.46 bits per heavy atom. The summed E-state index contributed by atoms with van der Waals surface area (Å²) < 4.78 is 11.9. The number of hydrogen-bond donors (Lipinski definition) is 1. The van der Waals surface area contributed by atoms with Gasteiger partial charge < -0.3 is 13.3 Å². The molecule has 9 heteroatoms. The minimum atomic E-state index is -1.79. The summed E-state index contributed by atoms with van der Waals surface area (Å²) in [5.41, 5.74) is 0.208. The van der Waals surface area contributed by atoms with Gasteiger partial charge in [-0.3, -0.25) is 4.79 Å². The molecule has 24 heavy (non-hydrogen) atoms. The van der Waals surface area contributed by atoms with Gasteiger partial charge in [-0.05, 0) is 45.8 Å². The van der Waals surface area contributed by atoms with Crippen LogP contribution in [0.4, 0.5) is 0 Å². The molecule has 5 nitrogen and oxygen atoms in total. The van der Waals surface area contributed by atoms with Crippen molar-refractivity contribution in [2.45, 2.75) is 45.8 Å². The molecule has 1 rings (SSSR count). The number of Topliss-reactive ketones (excluding diaryl/α,β-unsaturated/α-hetero) is 1. The maximum atomic E-state index is 10.7. The summed E-state index contributed by atoms with van der Waals surface area (Å²) in [5.74, 6) is -2.29. The van der Waals surface area contributed by atoms with Crippen LogP contribution in [0.1, 0.15) is 10.4 Å². The Balaban J connectivity index is 0. The standard InChI is InChI=1S/C8H6O3.C7H21O2Si3.Y/c9-7(8(10)11)6-4-2-1-3-5-6;1-10(2)8-12(6,7)9-11(3,4)5;/h1-5H,(H,10,11);1-7H3;. The topological polar surface area (TPSA) is 72.8 Å². The third kappa shape index (κ3) is 13.3. The second-order valence-electron chi connectivity index (χ2n) is 6.62. The summed E-state index contributed by atoms with van der Waals surface area (Å²) in [6.45, 7) is 15.2. The monoisotopic (exact) mass is 460 g/mol. The number of hydrogen-bond acceptors (Lipinski definition) is 4. The second kappa shape index (κ2) is 11.6. The summed E-state index contributed by atoms with van der Waals surface area (Å²) in [4.78, 5) is 20.9. The second-order valence-corrected chi connectivity index (χ2v) is 17.1. The predicted octanol–water partition coefficient (Wildman–Crippen LogP) is 3.76. The van der Waals surface area contributed by atoms with Gasteiger partial charge >= 0.3 is 14.5 Å². The first kappa shape index (κ1) is 26.3. The predicted molar refractivity (Wildman–Crippen MR) is 98.9 cm³/mol. The molecular formula is C15H27O5Si3Y. The van der Waals surface area contributed by atoms with Crippen LogP contribution in [0.15, 0.2) is 30.3 Å². The van der Waals surface area contributed by atoms with Crippen LogP contribution in [-0.2, 0) is 45.7 Å². The fourth-order valence-corrected chi connectivity index (χ4v) is 12.3. The Labute approximate surface area is 174 Å². The minimum absolute atomic E-state index is 0. The van der Waals surface area contributed by atoms with Crippen molar-refractivity contribution >= 4 is 37.7 Å². The average molecular weight is 461 g/mol. The van der Waals surface area contributed by atoms with Gasteiger partial charge in [0.2, 0.25) is 0 Å². The van der Waals surface area contributed by atoms with Crippen LogP contribution >= 0.6 is 0 Å². The third-order valence-corrected chi connectivity index (χ3v) is 10.2. The van der Waals surface area contributed by atoms with Crippen molar-refractivity contribution in [3.8, 4) is 0 Å². The number of carbonyl (C=O) groups is 2. The van der Waals surface area contributed by atoms with Gasteiger partial charge in [0.05, 0.1) is 0 Å². The summed E-state index contributed by atoms with van der Waals surface area (Å²) in [6, 6.07) is 7.90. The van der Waals surface area contributed by atoms with E-state index in [1.165, 1.54) is 12.1 Å². The van der Waals surface area contributed by atoms with E-state index in [1.54, 1.807) is 18.2 Å². The molecule has 0 fully saturated rings. The van der Waals surface area contributed by atoms with Crippen molar-refractivity contribution < 1.29 is 55.6 Å². The molecule has 1 aromatic rings. The quantitative estimate of drug-likeness (QED) is 0.398. The van der Waals surface area contributed by atoms with Crippen molar-refractivity contribution in [1.82, 2.24) is 0 Å². The number of aliphatic carboxylic acids is 1. The summed E-state index contributed by atoms with van der Waals surface area (Å²) in [7, 11) is -3.81. The van der Waals surface area contributed by atoms with Crippen LogP contribution in [0.5, 0.6) is 0 Å². The Kier molecular flexibility index (Phi) is 12.7. The van der Waals surface area contributed by atoms with E-state index in [4.69, 9.17) is 13.3 Å². The fourth-order valence-electron chi connectivity index (χ4n) is 1.96. The van der Waals surface area contributed by atoms with Crippen LogP contribution in [0.2, 0.25) is 45.8 Å². The molecule has 132 valence electrons. The van der Waals surface area contributed by atoms with Crippen LogP contribution in [0, 0.1) is 0 Å². The molecular weight excluding hydrogens is 433 g/mol. The zero-order chi connectivity index (χ0) is 18.3. The molecule has 0 aromatic heterocycles. The summed E-state index contributed by atoms with van der Waals surface area (Å²) >= 11 is 0. The van der Waals surface area contributed by atoms with Gasteiger partial charge in [0.1, 0.15) is 0 Å². The first-order chi connectivity index (χ1) is 10.3. The normalized spacial score (nSPS) is 11.2. The minimum Gasteiger partial charge on any atom is -0.475 e. The fraction of sp³-hybridized carbons (Fsp3) is 0.467. The van der Waals surface area contributed by atoms with Crippen LogP contribution in [-0.4, -0.2) is 42.8 Å². The first-order valence-electron chi connectivity index (χ1n) is 7.36. The number of ketones is 1. The maximum Gasteiger partial charge on any atom is 0.377 e. The van der Waals surface area contributed by atoms with Gasteiger partial charge in [-0.15, -0.1) is 0 Å². The van der Waals surface area contributed by atoms with Crippen molar-refractivity contribution in [2.24, 2.45) is 0 Å². The van der Waals surface area contributed by atoms with Gasteiger partial charge in [-0.1, -0.05) is 30.3 Å². The molecule has 0 unspecified atom stereocenters. The van der Waals surface area contributed by atoms with E-state index >= 15 is 0 Å². The van der Waals surface area contributed by atoms with Crippen LogP contribution in [0.25, 0.3) is 0 Å². The summed E-state index contributed by atoms with van der Waals surface area (Å²) in [6.07, 6.45) is 0. The number of carboxylic acid groups (broad SMARTS) is 1. The molecule has 0 aliphatic heterocycles. The van der Waals surface area contributed by atoms with Crippen molar-refractivity contribution in [2.75, 3.05) is 0 Å². The van der Waals surface area contributed by atoms with E-state index in [0.717, 1.165) is 0 Å². The molecule has 0 saturated heterocycles.